The third-order valence-corrected chi connectivity index (χ3v) is 13.9. The van der Waals surface area contributed by atoms with Crippen molar-refractivity contribution >= 4 is 29.4 Å². The molecular formula is C48H55F2N7O5. The highest BCUT2D eigenvalue weighted by atomic mass is 19.3. The van der Waals surface area contributed by atoms with Gasteiger partial charge in [-0.1, -0.05) is 44.2 Å². The minimum atomic E-state index is -3.24. The summed E-state index contributed by atoms with van der Waals surface area (Å²) >= 11 is 0. The Bertz CT molecular complexity index is 2560. The summed E-state index contributed by atoms with van der Waals surface area (Å²) in [6, 6.07) is 15.2. The molecule has 2 saturated heterocycles. The zero-order chi connectivity index (χ0) is 43.9. The molecular weight excluding hydrogens is 793 g/mol. The first-order valence-electron chi connectivity index (χ1n) is 21.7. The molecule has 3 N–H and O–H groups in total. The molecule has 5 atom stereocenters. The lowest BCUT2D eigenvalue weighted by Crippen LogP contribution is -2.51. The van der Waals surface area contributed by atoms with Crippen LogP contribution in [0.25, 0.3) is 44.5 Å². The van der Waals surface area contributed by atoms with Gasteiger partial charge in [-0.05, 0) is 123 Å². The predicted octanol–water partition coefficient (Wildman–Crippen LogP) is 9.29. The number of rotatable bonds is 8. The van der Waals surface area contributed by atoms with Crippen molar-refractivity contribution in [2.24, 2.45) is 17.3 Å². The minimum Gasteiger partial charge on any atom is -0.453 e. The van der Waals surface area contributed by atoms with Gasteiger partial charge in [-0.3, -0.25) is 9.59 Å². The van der Waals surface area contributed by atoms with Crippen molar-refractivity contribution in [1.82, 2.24) is 35.1 Å². The van der Waals surface area contributed by atoms with E-state index in [1.54, 1.807) is 31.5 Å². The third kappa shape index (κ3) is 7.33. The number of alkyl halides is 2. The smallest absolute Gasteiger partial charge is 0.407 e. The predicted molar refractivity (Wildman–Crippen MR) is 231 cm³/mol. The molecule has 3 aromatic carbocycles. The number of hydrogen-bond donors (Lipinski definition) is 3. The van der Waals surface area contributed by atoms with Crippen LogP contribution in [-0.2, 0) is 25.0 Å². The molecule has 2 aromatic heterocycles. The Kier molecular flexibility index (Phi) is 10.3. The normalized spacial score (nSPS) is 23.0. The highest BCUT2D eigenvalue weighted by Crippen LogP contribution is 2.59. The number of alkyl carbamates (subject to hydrolysis) is 1. The molecule has 1 spiro atoms. The fourth-order valence-corrected chi connectivity index (χ4v) is 10.1. The molecule has 0 radical (unpaired) electrons. The first-order chi connectivity index (χ1) is 29.5. The van der Waals surface area contributed by atoms with Crippen molar-refractivity contribution in [1.29, 1.82) is 0 Å². The average Bonchev–Trinajstić information content (AvgIpc) is 3.91. The second-order valence-electron chi connectivity index (χ2n) is 19.2. The Morgan fingerprint density at radius 3 is 2.24 bits per heavy atom. The van der Waals surface area contributed by atoms with Crippen molar-refractivity contribution < 1.29 is 32.6 Å². The van der Waals surface area contributed by atoms with Crippen LogP contribution in [-0.4, -0.2) is 86.6 Å². The fourth-order valence-electron chi connectivity index (χ4n) is 10.1. The van der Waals surface area contributed by atoms with Gasteiger partial charge in [-0.15, -0.1) is 0 Å². The van der Waals surface area contributed by atoms with Gasteiger partial charge in [0.1, 0.15) is 17.7 Å². The van der Waals surface area contributed by atoms with Crippen molar-refractivity contribution in [2.45, 2.75) is 109 Å². The summed E-state index contributed by atoms with van der Waals surface area (Å²) in [6.07, 6.45) is 7.81. The molecule has 62 heavy (non-hydrogen) atoms. The summed E-state index contributed by atoms with van der Waals surface area (Å²) in [5.74, 6) is -1.83. The minimum absolute atomic E-state index is 0.0293. The second-order valence-corrected chi connectivity index (χ2v) is 19.2. The molecule has 12 nitrogen and oxygen atoms in total. The zero-order valence-electron chi connectivity index (χ0n) is 36.4. The lowest BCUT2D eigenvalue weighted by Gasteiger charge is -2.30. The van der Waals surface area contributed by atoms with Crippen LogP contribution in [0.2, 0.25) is 0 Å². The first-order valence-corrected chi connectivity index (χ1v) is 21.7. The van der Waals surface area contributed by atoms with Gasteiger partial charge in [0.25, 0.3) is 5.92 Å². The second kappa shape index (κ2) is 15.3. The molecule has 2 aliphatic heterocycles. The van der Waals surface area contributed by atoms with Gasteiger partial charge in [0, 0.05) is 36.4 Å². The number of ether oxygens (including phenoxy) is 2. The monoisotopic (exact) mass is 847 g/mol. The lowest BCUT2D eigenvalue weighted by molar-refractivity contribution is -0.135. The van der Waals surface area contributed by atoms with Crippen LogP contribution in [0.5, 0.6) is 0 Å². The number of amides is 3. The van der Waals surface area contributed by atoms with Crippen molar-refractivity contribution in [3.05, 3.63) is 83.6 Å². The van der Waals surface area contributed by atoms with E-state index in [4.69, 9.17) is 14.5 Å². The van der Waals surface area contributed by atoms with Crippen LogP contribution in [0.4, 0.5) is 13.6 Å². The highest BCUT2D eigenvalue weighted by molar-refractivity contribution is 5.88. The average molecular weight is 848 g/mol. The Morgan fingerprint density at radius 1 is 0.935 bits per heavy atom. The fraction of sp³-hybridized carbons (Fsp3) is 0.479. The number of aromatic nitrogens is 4. The summed E-state index contributed by atoms with van der Waals surface area (Å²) < 4.78 is 42.7. The number of fused-ring (bicyclic) bond motifs is 6. The number of methoxy groups -OCH3 is 2. The summed E-state index contributed by atoms with van der Waals surface area (Å²) in [5, 5.41) is 2.70. The maximum atomic E-state index is 16.5. The molecule has 2 saturated carbocycles. The van der Waals surface area contributed by atoms with E-state index in [1.165, 1.54) is 13.2 Å². The van der Waals surface area contributed by atoms with Crippen LogP contribution in [0.15, 0.2) is 60.8 Å². The third-order valence-electron chi connectivity index (χ3n) is 13.9. The maximum Gasteiger partial charge on any atom is 0.407 e. The van der Waals surface area contributed by atoms with Gasteiger partial charge in [0.2, 0.25) is 12.3 Å². The van der Waals surface area contributed by atoms with E-state index in [0.29, 0.717) is 46.2 Å². The quantitative estimate of drug-likeness (QED) is 0.132. The van der Waals surface area contributed by atoms with Crippen molar-refractivity contribution in [3.63, 3.8) is 0 Å². The standard InChI is InChI=1S/C43H43F2N7O4.C5H12O/c1-22(2)36(50-41(55)56-3)40(54)51-20-42(12-13-42)18-35(51)38-46-19-34(49-38)25-6-10-29-28-9-5-23(15-30(28)43(44,45)31(29)16-25)24-7-11-32-33(17-24)48-39(47-32)37-26-4-8-27(14-26)52(37)21-53;1-5(2,3)6-4/h5-7,9-11,15-17,19,21-22,26-27,35-37H,4,8,12-14,18,20H2,1-3H3,(H,46,49)(H,47,48)(H,50,55);1-4H3. The number of nitrogens with zero attached hydrogens (tertiary/aromatic N) is 4. The summed E-state index contributed by atoms with van der Waals surface area (Å²) in [4.78, 5) is 58.0. The van der Waals surface area contributed by atoms with Gasteiger partial charge >= 0.3 is 6.09 Å². The number of carbonyl (C=O) groups is 3. The number of aromatic amines is 2. The number of benzene rings is 3. The number of hydrogen-bond acceptors (Lipinski definition) is 7. The Morgan fingerprint density at radius 2 is 1.60 bits per heavy atom. The molecule has 5 aromatic rings. The van der Waals surface area contributed by atoms with Crippen LogP contribution in [0, 0.1) is 17.3 Å². The van der Waals surface area contributed by atoms with Crippen LogP contribution >= 0.6 is 0 Å². The van der Waals surface area contributed by atoms with Gasteiger partial charge in [-0.25, -0.2) is 14.8 Å². The van der Waals surface area contributed by atoms with E-state index in [-0.39, 0.29) is 52.1 Å². The molecule has 3 amide bonds. The molecule has 14 heteroatoms. The summed E-state index contributed by atoms with van der Waals surface area (Å²) in [7, 11) is 2.98. The van der Waals surface area contributed by atoms with Gasteiger partial charge in [0.15, 0.2) is 0 Å². The molecule has 4 heterocycles. The Hall–Kier alpha value is -5.63. The zero-order valence-corrected chi connectivity index (χ0v) is 36.4. The van der Waals surface area contributed by atoms with Crippen LogP contribution in [0.1, 0.15) is 108 Å². The molecule has 4 fully saturated rings. The number of nitrogens with one attached hydrogen (secondary N) is 3. The topological polar surface area (TPSA) is 146 Å². The number of imidazole rings is 2. The van der Waals surface area contributed by atoms with Crippen molar-refractivity contribution in [2.75, 3.05) is 20.8 Å². The molecule has 326 valence electrons. The van der Waals surface area contributed by atoms with Gasteiger partial charge in [0.05, 0.1) is 47.7 Å². The lowest BCUT2D eigenvalue weighted by atomic mass is 9.98. The molecule has 5 unspecified atom stereocenters. The van der Waals surface area contributed by atoms with Crippen LogP contribution in [0.3, 0.4) is 0 Å². The van der Waals surface area contributed by atoms with E-state index >= 15 is 8.78 Å². The molecule has 5 aliphatic rings. The van der Waals surface area contributed by atoms with Crippen LogP contribution < -0.4 is 5.32 Å². The number of piperidine rings is 1. The summed E-state index contributed by atoms with van der Waals surface area (Å²) in [5.41, 5.74) is 5.15. The SMILES string of the molecule is COC(=O)NC(C(=O)N1CC2(CC2)CC1c1ncc(-c2ccc3c(c2)C(F)(F)c2cc(-c4ccc5nc(C6C7CCC(C7)N6C=O)[nH]c5c4)ccc2-3)[nH]1)C(C)C.COC(C)(C)C. The van der Waals surface area contributed by atoms with E-state index in [9.17, 15) is 14.4 Å². The maximum absolute atomic E-state index is 16.5. The number of carbonyl (C=O) groups excluding carboxylic acids is 3. The number of H-pyrrole nitrogens is 2. The highest BCUT2D eigenvalue weighted by Gasteiger charge is 2.55. The molecule has 3 aliphatic carbocycles. The van der Waals surface area contributed by atoms with E-state index in [2.05, 4.69) is 20.3 Å². The van der Waals surface area contributed by atoms with Gasteiger partial charge in [-0.2, -0.15) is 8.78 Å². The van der Waals surface area contributed by atoms with E-state index < -0.39 is 18.1 Å². The van der Waals surface area contributed by atoms with Crippen molar-refractivity contribution in [3.8, 4) is 33.5 Å². The first kappa shape index (κ1) is 41.7. The van der Waals surface area contributed by atoms with E-state index in [1.807, 2.05) is 74.8 Å². The van der Waals surface area contributed by atoms with Gasteiger partial charge < -0.3 is 34.6 Å². The van der Waals surface area contributed by atoms with E-state index in [0.717, 1.165) is 67.4 Å². The number of likely N-dealkylation sites (tertiary alicyclic amines) is 2. The summed E-state index contributed by atoms with van der Waals surface area (Å²) in [6.45, 7) is 10.4. The Balaban J connectivity index is 0.000000765. The largest absolute Gasteiger partial charge is 0.453 e. The number of halogens is 2. The molecule has 10 rings (SSSR count). The molecule has 2 bridgehead atoms. The Labute approximate surface area is 360 Å².